The molecule has 0 fully saturated rings. The van der Waals surface area contributed by atoms with Crippen LogP contribution in [0.1, 0.15) is 31.2 Å². The molecule has 0 radical (unpaired) electrons. The van der Waals surface area contributed by atoms with Gasteiger partial charge in [0.05, 0.1) is 0 Å². The number of nitrogens with one attached hydrogen (secondary N) is 1. The van der Waals surface area contributed by atoms with E-state index in [0.717, 1.165) is 30.0 Å². The standard InChI is InChI=1S/C16H19NO2S/c1-11-5-3-4-6-13(11)7-8-17-10-14-9-15(16(18)19)20-12(14)2/h3-6,9,17H,7-8,10H2,1-2H3,(H,18,19). The number of rotatable bonds is 6. The first kappa shape index (κ1) is 14.8. The molecule has 0 bridgehead atoms. The van der Waals surface area contributed by atoms with Crippen molar-refractivity contribution in [2.75, 3.05) is 6.54 Å². The van der Waals surface area contributed by atoms with Gasteiger partial charge in [0.25, 0.3) is 0 Å². The molecule has 0 aliphatic heterocycles. The summed E-state index contributed by atoms with van der Waals surface area (Å²) < 4.78 is 0. The van der Waals surface area contributed by atoms with Crippen molar-refractivity contribution in [2.24, 2.45) is 0 Å². The number of hydrogen-bond acceptors (Lipinski definition) is 3. The Morgan fingerprint density at radius 2 is 2.00 bits per heavy atom. The highest BCUT2D eigenvalue weighted by molar-refractivity contribution is 7.14. The minimum Gasteiger partial charge on any atom is -0.477 e. The van der Waals surface area contributed by atoms with Crippen molar-refractivity contribution in [3.8, 4) is 0 Å². The Balaban J connectivity index is 1.84. The molecule has 0 unspecified atom stereocenters. The summed E-state index contributed by atoms with van der Waals surface area (Å²) in [6, 6.07) is 10.1. The van der Waals surface area contributed by atoms with Crippen molar-refractivity contribution in [2.45, 2.75) is 26.8 Å². The lowest BCUT2D eigenvalue weighted by Crippen LogP contribution is -2.17. The molecular weight excluding hydrogens is 270 g/mol. The number of thiophene rings is 1. The first-order chi connectivity index (χ1) is 9.58. The van der Waals surface area contributed by atoms with E-state index < -0.39 is 5.97 Å². The molecule has 0 saturated heterocycles. The highest BCUT2D eigenvalue weighted by Gasteiger charge is 2.10. The van der Waals surface area contributed by atoms with Crippen LogP contribution < -0.4 is 5.32 Å². The molecule has 106 valence electrons. The summed E-state index contributed by atoms with van der Waals surface area (Å²) in [5.41, 5.74) is 3.75. The number of aryl methyl sites for hydroxylation is 2. The third kappa shape index (κ3) is 3.68. The van der Waals surface area contributed by atoms with Gasteiger partial charge in [-0.15, -0.1) is 11.3 Å². The van der Waals surface area contributed by atoms with Crippen LogP contribution in [0, 0.1) is 13.8 Å². The average molecular weight is 289 g/mol. The minimum atomic E-state index is -0.843. The number of carbonyl (C=O) groups is 1. The highest BCUT2D eigenvalue weighted by atomic mass is 32.1. The molecular formula is C16H19NO2S. The summed E-state index contributed by atoms with van der Waals surface area (Å²) in [5.74, 6) is -0.843. The summed E-state index contributed by atoms with van der Waals surface area (Å²) in [5, 5.41) is 12.3. The van der Waals surface area contributed by atoms with Crippen LogP contribution in [0.4, 0.5) is 0 Å². The van der Waals surface area contributed by atoms with Gasteiger partial charge >= 0.3 is 5.97 Å². The Bertz CT molecular complexity index is 604. The van der Waals surface area contributed by atoms with Crippen LogP contribution in [-0.2, 0) is 13.0 Å². The van der Waals surface area contributed by atoms with E-state index in [9.17, 15) is 4.79 Å². The number of carboxylic acids is 1. The van der Waals surface area contributed by atoms with Crippen molar-refractivity contribution in [1.29, 1.82) is 0 Å². The fraction of sp³-hybridized carbons (Fsp3) is 0.312. The summed E-state index contributed by atoms with van der Waals surface area (Å²) in [4.78, 5) is 12.4. The maximum Gasteiger partial charge on any atom is 0.345 e. The number of hydrogen-bond donors (Lipinski definition) is 2. The molecule has 0 amide bonds. The highest BCUT2D eigenvalue weighted by Crippen LogP contribution is 2.21. The molecule has 0 spiro atoms. The van der Waals surface area contributed by atoms with Gasteiger partial charge in [-0.25, -0.2) is 4.79 Å². The van der Waals surface area contributed by atoms with Gasteiger partial charge in [0, 0.05) is 11.4 Å². The summed E-state index contributed by atoms with van der Waals surface area (Å²) in [6.45, 7) is 5.71. The second kappa shape index (κ2) is 6.68. The first-order valence-corrected chi connectivity index (χ1v) is 7.47. The predicted molar refractivity (Wildman–Crippen MR) is 82.6 cm³/mol. The van der Waals surface area contributed by atoms with Gasteiger partial charge in [0.15, 0.2) is 0 Å². The second-order valence-corrected chi connectivity index (χ2v) is 6.11. The molecule has 2 N–H and O–H groups in total. The average Bonchev–Trinajstić information content (AvgIpc) is 2.78. The van der Waals surface area contributed by atoms with Gasteiger partial charge in [-0.1, -0.05) is 24.3 Å². The van der Waals surface area contributed by atoms with Crippen LogP contribution in [0.3, 0.4) is 0 Å². The Morgan fingerprint density at radius 1 is 1.25 bits per heavy atom. The van der Waals surface area contributed by atoms with Gasteiger partial charge in [0.1, 0.15) is 4.88 Å². The molecule has 1 heterocycles. The molecule has 2 aromatic rings. The molecule has 3 nitrogen and oxygen atoms in total. The summed E-state index contributed by atoms with van der Waals surface area (Å²) >= 11 is 1.34. The number of carboxylic acid groups (broad SMARTS) is 1. The largest absolute Gasteiger partial charge is 0.477 e. The maximum atomic E-state index is 10.9. The molecule has 0 atom stereocenters. The number of benzene rings is 1. The first-order valence-electron chi connectivity index (χ1n) is 6.65. The van der Waals surface area contributed by atoms with Gasteiger partial charge in [0.2, 0.25) is 0 Å². The molecule has 0 aliphatic rings. The van der Waals surface area contributed by atoms with Crippen LogP contribution in [-0.4, -0.2) is 17.6 Å². The van der Waals surface area contributed by atoms with Crippen LogP contribution in [0.2, 0.25) is 0 Å². The topological polar surface area (TPSA) is 49.3 Å². The quantitative estimate of drug-likeness (QED) is 0.801. The van der Waals surface area contributed by atoms with Gasteiger partial charge in [-0.3, -0.25) is 0 Å². The van der Waals surface area contributed by atoms with Gasteiger partial charge < -0.3 is 10.4 Å². The van der Waals surface area contributed by atoms with Crippen molar-refractivity contribution >= 4 is 17.3 Å². The Hall–Kier alpha value is -1.65. The second-order valence-electron chi connectivity index (χ2n) is 4.85. The van der Waals surface area contributed by atoms with Crippen molar-refractivity contribution < 1.29 is 9.90 Å². The third-order valence-electron chi connectivity index (χ3n) is 3.38. The van der Waals surface area contributed by atoms with Crippen molar-refractivity contribution in [3.05, 3.63) is 56.8 Å². The molecule has 0 aliphatic carbocycles. The maximum absolute atomic E-state index is 10.9. The lowest BCUT2D eigenvalue weighted by atomic mass is 10.1. The van der Waals surface area contributed by atoms with Gasteiger partial charge in [-0.2, -0.15) is 0 Å². The van der Waals surface area contributed by atoms with Crippen molar-refractivity contribution in [3.63, 3.8) is 0 Å². The molecule has 2 rings (SSSR count). The molecule has 1 aromatic carbocycles. The normalized spacial score (nSPS) is 10.7. The molecule has 0 saturated carbocycles. The Labute approximate surface area is 123 Å². The zero-order chi connectivity index (χ0) is 14.5. The van der Waals surface area contributed by atoms with E-state index in [1.165, 1.54) is 22.5 Å². The minimum absolute atomic E-state index is 0.415. The Morgan fingerprint density at radius 3 is 2.65 bits per heavy atom. The molecule has 4 heteroatoms. The van der Waals surface area contributed by atoms with E-state index in [1.807, 2.05) is 6.92 Å². The Kier molecular flexibility index (Phi) is 4.93. The van der Waals surface area contributed by atoms with Crippen LogP contribution in [0.25, 0.3) is 0 Å². The zero-order valence-electron chi connectivity index (χ0n) is 11.8. The van der Waals surface area contributed by atoms with E-state index in [2.05, 4.69) is 36.5 Å². The zero-order valence-corrected chi connectivity index (χ0v) is 12.6. The van der Waals surface area contributed by atoms with E-state index >= 15 is 0 Å². The van der Waals surface area contributed by atoms with E-state index in [0.29, 0.717) is 4.88 Å². The third-order valence-corrected chi connectivity index (χ3v) is 4.46. The summed E-state index contributed by atoms with van der Waals surface area (Å²) in [6.07, 6.45) is 0.988. The monoisotopic (exact) mass is 289 g/mol. The lowest BCUT2D eigenvalue weighted by molar-refractivity contribution is 0.0702. The number of aromatic carboxylic acids is 1. The van der Waals surface area contributed by atoms with E-state index in [1.54, 1.807) is 6.07 Å². The fourth-order valence-corrected chi connectivity index (χ4v) is 3.02. The van der Waals surface area contributed by atoms with Crippen LogP contribution in [0.15, 0.2) is 30.3 Å². The van der Waals surface area contributed by atoms with E-state index in [4.69, 9.17) is 5.11 Å². The SMILES string of the molecule is Cc1ccccc1CCNCc1cc(C(=O)O)sc1C. The molecule has 20 heavy (non-hydrogen) atoms. The smallest absolute Gasteiger partial charge is 0.345 e. The van der Waals surface area contributed by atoms with Gasteiger partial charge in [-0.05, 0) is 49.6 Å². The van der Waals surface area contributed by atoms with Crippen LogP contribution >= 0.6 is 11.3 Å². The van der Waals surface area contributed by atoms with E-state index in [-0.39, 0.29) is 0 Å². The van der Waals surface area contributed by atoms with Crippen molar-refractivity contribution in [1.82, 2.24) is 5.32 Å². The van der Waals surface area contributed by atoms with Crippen LogP contribution in [0.5, 0.6) is 0 Å². The molecule has 1 aromatic heterocycles. The summed E-state index contributed by atoms with van der Waals surface area (Å²) in [7, 11) is 0. The lowest BCUT2D eigenvalue weighted by Gasteiger charge is -2.07. The predicted octanol–water partition coefficient (Wildman–Crippen LogP) is 3.40. The fourth-order valence-electron chi connectivity index (χ4n) is 2.14.